The molecule has 1 aromatic heterocycles. The van der Waals surface area contributed by atoms with Crippen LogP contribution in [-0.4, -0.2) is 47.3 Å². The van der Waals surface area contributed by atoms with Crippen LogP contribution in [0.15, 0.2) is 60.7 Å². The third-order valence-electron chi connectivity index (χ3n) is 6.50. The first-order valence-electron chi connectivity index (χ1n) is 11.5. The summed E-state index contributed by atoms with van der Waals surface area (Å²) in [6.45, 7) is 2.67. The summed E-state index contributed by atoms with van der Waals surface area (Å²) in [6, 6.07) is 20.2. The molecule has 32 heavy (non-hydrogen) atoms. The Hall–Kier alpha value is -3.12. The number of amides is 1. The van der Waals surface area contributed by atoms with Gasteiger partial charge in [-0.05, 0) is 74.7 Å². The number of rotatable bonds is 8. The van der Waals surface area contributed by atoms with Crippen molar-refractivity contribution in [3.8, 4) is 11.4 Å². The summed E-state index contributed by atoms with van der Waals surface area (Å²) in [6.07, 6.45) is 4.71. The monoisotopic (exact) mass is 430 g/mol. The Kier molecular flexibility index (Phi) is 5.95. The first-order chi connectivity index (χ1) is 15.7. The number of methoxy groups -OCH3 is 1. The summed E-state index contributed by atoms with van der Waals surface area (Å²) < 4.78 is 7.11. The maximum atomic E-state index is 13.3. The second-order valence-corrected chi connectivity index (χ2v) is 8.72. The van der Waals surface area contributed by atoms with Gasteiger partial charge in [0.05, 0.1) is 24.5 Å². The number of carbonyl (C=O) groups is 1. The van der Waals surface area contributed by atoms with Crippen molar-refractivity contribution in [2.75, 3.05) is 26.7 Å². The predicted molar refractivity (Wildman–Crippen MR) is 124 cm³/mol. The van der Waals surface area contributed by atoms with Gasteiger partial charge in [0.1, 0.15) is 11.4 Å². The lowest BCUT2D eigenvalue weighted by molar-refractivity contribution is 0.0930. The molecule has 0 spiro atoms. The molecular formula is C26H30N4O2. The van der Waals surface area contributed by atoms with Gasteiger partial charge >= 0.3 is 0 Å². The first-order valence-corrected chi connectivity index (χ1v) is 11.5. The summed E-state index contributed by atoms with van der Waals surface area (Å²) in [7, 11) is 1.68. The smallest absolute Gasteiger partial charge is 0.270 e. The molecule has 1 saturated carbocycles. The van der Waals surface area contributed by atoms with Crippen LogP contribution in [0.1, 0.15) is 59.4 Å². The molecule has 6 nitrogen and oxygen atoms in total. The van der Waals surface area contributed by atoms with Crippen LogP contribution in [0.2, 0.25) is 0 Å². The fourth-order valence-corrected chi connectivity index (χ4v) is 4.52. The van der Waals surface area contributed by atoms with Crippen LogP contribution in [0.25, 0.3) is 5.69 Å². The highest BCUT2D eigenvalue weighted by Crippen LogP contribution is 2.39. The fraction of sp³-hybridized carbons (Fsp3) is 0.385. The molecule has 1 atom stereocenters. The van der Waals surface area contributed by atoms with Gasteiger partial charge in [-0.1, -0.05) is 30.3 Å². The van der Waals surface area contributed by atoms with Crippen molar-refractivity contribution in [2.45, 2.75) is 37.6 Å². The number of aromatic nitrogens is 2. The molecular weight excluding hydrogens is 400 g/mol. The fourth-order valence-electron chi connectivity index (χ4n) is 4.52. The number of nitrogens with zero attached hydrogens (tertiary/aromatic N) is 3. The third-order valence-corrected chi connectivity index (χ3v) is 6.50. The van der Waals surface area contributed by atoms with Crippen LogP contribution >= 0.6 is 0 Å². The summed E-state index contributed by atoms with van der Waals surface area (Å²) in [4.78, 5) is 15.8. The Labute approximate surface area is 189 Å². The number of carbonyl (C=O) groups excluding carboxylic acids is 1. The van der Waals surface area contributed by atoms with E-state index in [0.29, 0.717) is 18.2 Å². The predicted octanol–water partition coefficient (Wildman–Crippen LogP) is 4.33. The summed E-state index contributed by atoms with van der Waals surface area (Å²) in [5, 5.41) is 7.99. The van der Waals surface area contributed by atoms with Crippen molar-refractivity contribution < 1.29 is 9.53 Å². The lowest BCUT2D eigenvalue weighted by Crippen LogP contribution is -2.37. The molecule has 1 aliphatic heterocycles. The quantitative estimate of drug-likeness (QED) is 0.578. The van der Waals surface area contributed by atoms with Gasteiger partial charge in [-0.15, -0.1) is 0 Å². The highest BCUT2D eigenvalue weighted by Gasteiger charge is 2.30. The van der Waals surface area contributed by atoms with Gasteiger partial charge in [0, 0.05) is 12.5 Å². The molecule has 1 saturated heterocycles. The zero-order valence-electron chi connectivity index (χ0n) is 18.5. The summed E-state index contributed by atoms with van der Waals surface area (Å²) in [5.41, 5.74) is 3.73. The van der Waals surface area contributed by atoms with E-state index in [4.69, 9.17) is 9.84 Å². The normalized spacial score (nSPS) is 17.3. The van der Waals surface area contributed by atoms with E-state index in [1.807, 2.05) is 48.5 Å². The molecule has 2 aliphatic rings. The minimum atomic E-state index is -0.0778. The molecule has 0 radical (unpaired) electrons. The van der Waals surface area contributed by atoms with Gasteiger partial charge in [-0.25, -0.2) is 4.68 Å². The van der Waals surface area contributed by atoms with E-state index in [2.05, 4.69) is 22.3 Å². The second kappa shape index (κ2) is 9.17. The third kappa shape index (κ3) is 4.41. The van der Waals surface area contributed by atoms with E-state index in [1.54, 1.807) is 11.8 Å². The molecule has 0 unspecified atom stereocenters. The van der Waals surface area contributed by atoms with Gasteiger partial charge in [0.2, 0.25) is 0 Å². The van der Waals surface area contributed by atoms with Crippen LogP contribution in [0.4, 0.5) is 0 Å². The molecule has 166 valence electrons. The van der Waals surface area contributed by atoms with Crippen LogP contribution in [-0.2, 0) is 0 Å². The lowest BCUT2D eigenvalue weighted by Gasteiger charge is -2.28. The molecule has 5 rings (SSSR count). The SMILES string of the molecule is COc1ccc([C@@H](CNC(=O)c2cc(C3CC3)nn2-c2ccccc2)N2CCCC2)cc1. The van der Waals surface area contributed by atoms with Crippen molar-refractivity contribution in [3.05, 3.63) is 77.6 Å². The Bertz CT molecular complexity index is 1050. The van der Waals surface area contributed by atoms with E-state index >= 15 is 0 Å². The number of hydrogen-bond acceptors (Lipinski definition) is 4. The number of likely N-dealkylation sites (tertiary alicyclic amines) is 1. The Morgan fingerprint density at radius 3 is 2.47 bits per heavy atom. The van der Waals surface area contributed by atoms with E-state index < -0.39 is 0 Å². The minimum Gasteiger partial charge on any atom is -0.497 e. The average Bonchev–Trinajstić information content (AvgIpc) is 3.36. The van der Waals surface area contributed by atoms with E-state index in [-0.39, 0.29) is 11.9 Å². The standard InChI is InChI=1S/C26H30N4O2/c1-32-22-13-11-20(12-14-22)25(29-15-5-6-16-29)18-27-26(31)24-17-23(19-9-10-19)28-30(24)21-7-3-2-4-8-21/h2-4,7-8,11-14,17,19,25H,5-6,9-10,15-16,18H2,1H3,(H,27,31)/t25-/m1/s1. The van der Waals surface area contributed by atoms with Crippen LogP contribution < -0.4 is 10.1 Å². The second-order valence-electron chi connectivity index (χ2n) is 8.72. The van der Waals surface area contributed by atoms with E-state index in [9.17, 15) is 4.79 Å². The van der Waals surface area contributed by atoms with Crippen molar-refractivity contribution in [2.24, 2.45) is 0 Å². The molecule has 1 N–H and O–H groups in total. The summed E-state index contributed by atoms with van der Waals surface area (Å²) in [5.74, 6) is 1.26. The number of ether oxygens (including phenoxy) is 1. The highest BCUT2D eigenvalue weighted by molar-refractivity contribution is 5.93. The van der Waals surface area contributed by atoms with E-state index in [1.165, 1.54) is 18.4 Å². The number of hydrogen-bond donors (Lipinski definition) is 1. The molecule has 2 fully saturated rings. The van der Waals surface area contributed by atoms with Crippen molar-refractivity contribution in [1.29, 1.82) is 0 Å². The topological polar surface area (TPSA) is 59.4 Å². The van der Waals surface area contributed by atoms with Crippen LogP contribution in [0.5, 0.6) is 5.75 Å². The largest absolute Gasteiger partial charge is 0.497 e. The van der Waals surface area contributed by atoms with Gasteiger partial charge in [-0.3, -0.25) is 9.69 Å². The first kappa shape index (κ1) is 20.8. The Morgan fingerprint density at radius 2 is 1.81 bits per heavy atom. The lowest BCUT2D eigenvalue weighted by atomic mass is 10.1. The van der Waals surface area contributed by atoms with E-state index in [0.717, 1.165) is 43.1 Å². The molecule has 2 heterocycles. The van der Waals surface area contributed by atoms with Gasteiger partial charge in [0.15, 0.2) is 0 Å². The van der Waals surface area contributed by atoms with Gasteiger partial charge < -0.3 is 10.1 Å². The Balaban J connectivity index is 1.37. The molecule has 1 aliphatic carbocycles. The van der Waals surface area contributed by atoms with Crippen molar-refractivity contribution in [1.82, 2.24) is 20.0 Å². The average molecular weight is 431 g/mol. The van der Waals surface area contributed by atoms with Crippen LogP contribution in [0, 0.1) is 0 Å². The Morgan fingerprint density at radius 1 is 1.09 bits per heavy atom. The van der Waals surface area contributed by atoms with Gasteiger partial charge in [-0.2, -0.15) is 5.10 Å². The molecule has 1 amide bonds. The summed E-state index contributed by atoms with van der Waals surface area (Å²) >= 11 is 0. The maximum absolute atomic E-state index is 13.3. The number of nitrogens with one attached hydrogen (secondary N) is 1. The zero-order valence-corrected chi connectivity index (χ0v) is 18.5. The number of benzene rings is 2. The van der Waals surface area contributed by atoms with Crippen LogP contribution in [0.3, 0.4) is 0 Å². The van der Waals surface area contributed by atoms with Crippen molar-refractivity contribution in [3.63, 3.8) is 0 Å². The highest BCUT2D eigenvalue weighted by atomic mass is 16.5. The molecule has 0 bridgehead atoms. The molecule has 3 aromatic rings. The molecule has 6 heteroatoms. The van der Waals surface area contributed by atoms with Gasteiger partial charge in [0.25, 0.3) is 5.91 Å². The zero-order chi connectivity index (χ0) is 21.9. The maximum Gasteiger partial charge on any atom is 0.270 e. The molecule has 2 aromatic carbocycles. The van der Waals surface area contributed by atoms with Crippen molar-refractivity contribution >= 4 is 5.91 Å². The number of para-hydroxylation sites is 1. The minimum absolute atomic E-state index is 0.0778.